The fourth-order valence-corrected chi connectivity index (χ4v) is 3.57. The van der Waals surface area contributed by atoms with Gasteiger partial charge in [0, 0.05) is 0 Å². The number of carbonyl (C=O) groups is 1. The maximum atomic E-state index is 13.0. The van der Waals surface area contributed by atoms with E-state index < -0.39 is 0 Å². The minimum Gasteiger partial charge on any atom is -0.349 e. The monoisotopic (exact) mass is 413 g/mol. The lowest BCUT2D eigenvalue weighted by atomic mass is 10.1. The molecule has 1 unspecified atom stereocenters. The number of aromatic nitrogens is 4. The van der Waals surface area contributed by atoms with E-state index >= 15 is 0 Å². The molecule has 1 heterocycles. The van der Waals surface area contributed by atoms with E-state index in [2.05, 4.69) is 39.9 Å². The second-order valence-corrected chi connectivity index (χ2v) is 7.72. The molecular formula is C21H24FN5OS. The number of aryl methyl sites for hydroxylation is 1. The summed E-state index contributed by atoms with van der Waals surface area (Å²) in [5.74, 6) is -0.259. The summed E-state index contributed by atoms with van der Waals surface area (Å²) in [5, 5.41) is 15.3. The smallest absolute Gasteiger partial charge is 0.230 e. The first-order chi connectivity index (χ1) is 14.1. The van der Waals surface area contributed by atoms with Crippen LogP contribution in [0.4, 0.5) is 4.39 Å². The largest absolute Gasteiger partial charge is 0.349 e. The Morgan fingerprint density at radius 1 is 1.17 bits per heavy atom. The first-order valence-electron chi connectivity index (χ1n) is 9.62. The van der Waals surface area contributed by atoms with Gasteiger partial charge in [-0.1, -0.05) is 49.4 Å². The second-order valence-electron chi connectivity index (χ2n) is 6.77. The fraction of sp³-hybridized carbons (Fsp3) is 0.333. The normalized spacial score (nSPS) is 12.0. The number of tetrazole rings is 1. The number of hydrogen-bond acceptors (Lipinski definition) is 5. The first kappa shape index (κ1) is 21.0. The first-order valence-corrected chi connectivity index (χ1v) is 10.6. The Hall–Kier alpha value is -2.74. The van der Waals surface area contributed by atoms with Gasteiger partial charge in [-0.25, -0.2) is 4.39 Å². The second kappa shape index (κ2) is 10.2. The van der Waals surface area contributed by atoms with Crippen molar-refractivity contribution in [2.45, 2.75) is 44.3 Å². The van der Waals surface area contributed by atoms with E-state index in [1.54, 1.807) is 16.8 Å². The van der Waals surface area contributed by atoms with Crippen LogP contribution in [0.25, 0.3) is 5.69 Å². The zero-order chi connectivity index (χ0) is 20.6. The molecule has 0 spiro atoms. The van der Waals surface area contributed by atoms with Crippen LogP contribution >= 0.6 is 11.8 Å². The van der Waals surface area contributed by atoms with E-state index in [-0.39, 0.29) is 23.5 Å². The van der Waals surface area contributed by atoms with Crippen molar-refractivity contribution in [1.29, 1.82) is 0 Å². The zero-order valence-electron chi connectivity index (χ0n) is 16.5. The van der Waals surface area contributed by atoms with Crippen molar-refractivity contribution in [1.82, 2.24) is 25.5 Å². The van der Waals surface area contributed by atoms with Crippen molar-refractivity contribution in [2.75, 3.05) is 5.75 Å². The third-order valence-corrected chi connectivity index (χ3v) is 5.44. The van der Waals surface area contributed by atoms with Crippen LogP contribution in [0.2, 0.25) is 0 Å². The average molecular weight is 414 g/mol. The molecule has 3 rings (SSSR count). The molecule has 1 aromatic heterocycles. The summed E-state index contributed by atoms with van der Waals surface area (Å²) in [6, 6.07) is 14.0. The van der Waals surface area contributed by atoms with Gasteiger partial charge in [0.05, 0.1) is 17.5 Å². The third kappa shape index (κ3) is 5.87. The quantitative estimate of drug-likeness (QED) is 0.535. The molecule has 6 nitrogen and oxygen atoms in total. The Morgan fingerprint density at radius 2 is 1.90 bits per heavy atom. The lowest BCUT2D eigenvalue weighted by molar-refractivity contribution is -0.119. The molecule has 0 radical (unpaired) electrons. The van der Waals surface area contributed by atoms with E-state index in [1.165, 1.54) is 29.5 Å². The Morgan fingerprint density at radius 3 is 2.59 bits per heavy atom. The van der Waals surface area contributed by atoms with Crippen LogP contribution in [0.15, 0.2) is 53.7 Å². The van der Waals surface area contributed by atoms with Crippen LogP contribution in [0, 0.1) is 5.82 Å². The predicted molar refractivity (Wildman–Crippen MR) is 111 cm³/mol. The highest BCUT2D eigenvalue weighted by Crippen LogP contribution is 2.20. The molecule has 0 aliphatic rings. The molecule has 0 saturated heterocycles. The predicted octanol–water partition coefficient (Wildman–Crippen LogP) is 4.11. The van der Waals surface area contributed by atoms with Gasteiger partial charge in [0.15, 0.2) is 0 Å². The van der Waals surface area contributed by atoms with E-state index in [0.717, 1.165) is 30.5 Å². The summed E-state index contributed by atoms with van der Waals surface area (Å²) in [6.45, 7) is 4.04. The molecule has 1 N–H and O–H groups in total. The molecule has 3 aromatic rings. The van der Waals surface area contributed by atoms with E-state index in [0.29, 0.717) is 5.16 Å². The minimum atomic E-state index is -0.298. The SMILES string of the molecule is CCCCc1ccc(-n2nnnc2SCC(=O)NC(C)c2ccc(F)cc2)cc1. The molecule has 0 fully saturated rings. The molecule has 1 atom stereocenters. The fourth-order valence-electron chi connectivity index (χ4n) is 2.86. The van der Waals surface area contributed by atoms with Gasteiger partial charge in [0.1, 0.15) is 5.82 Å². The number of nitrogens with one attached hydrogen (secondary N) is 1. The third-order valence-electron chi connectivity index (χ3n) is 4.52. The topological polar surface area (TPSA) is 72.7 Å². The Kier molecular flexibility index (Phi) is 7.35. The zero-order valence-corrected chi connectivity index (χ0v) is 17.3. The lowest BCUT2D eigenvalue weighted by Gasteiger charge is -2.14. The number of halogens is 1. The molecular weight excluding hydrogens is 389 g/mol. The Labute approximate surface area is 173 Å². The number of nitrogens with zero attached hydrogens (tertiary/aromatic N) is 4. The number of benzene rings is 2. The van der Waals surface area contributed by atoms with Crippen LogP contribution in [0.5, 0.6) is 0 Å². The van der Waals surface area contributed by atoms with Crippen molar-refractivity contribution in [3.8, 4) is 5.69 Å². The van der Waals surface area contributed by atoms with Gasteiger partial charge >= 0.3 is 0 Å². The van der Waals surface area contributed by atoms with E-state index in [1.807, 2.05) is 19.1 Å². The van der Waals surface area contributed by atoms with Gasteiger partial charge < -0.3 is 5.32 Å². The summed E-state index contributed by atoms with van der Waals surface area (Å²) in [4.78, 5) is 12.3. The van der Waals surface area contributed by atoms with Crippen molar-refractivity contribution in [3.05, 3.63) is 65.5 Å². The number of unbranched alkanes of at least 4 members (excludes halogenated alkanes) is 1. The maximum Gasteiger partial charge on any atom is 0.230 e. The lowest BCUT2D eigenvalue weighted by Crippen LogP contribution is -2.28. The number of rotatable bonds is 9. The summed E-state index contributed by atoms with van der Waals surface area (Å²) in [7, 11) is 0. The van der Waals surface area contributed by atoms with Crippen LogP contribution in [-0.4, -0.2) is 31.9 Å². The van der Waals surface area contributed by atoms with Crippen molar-refractivity contribution in [3.63, 3.8) is 0 Å². The molecule has 152 valence electrons. The van der Waals surface area contributed by atoms with Gasteiger partial charge in [0.25, 0.3) is 0 Å². The van der Waals surface area contributed by atoms with Crippen LogP contribution in [0.1, 0.15) is 43.9 Å². The van der Waals surface area contributed by atoms with Gasteiger partial charge in [0.2, 0.25) is 11.1 Å². The molecule has 0 aliphatic heterocycles. The highest BCUT2D eigenvalue weighted by molar-refractivity contribution is 7.99. The summed E-state index contributed by atoms with van der Waals surface area (Å²) in [5.41, 5.74) is 2.99. The number of amides is 1. The van der Waals surface area contributed by atoms with Crippen LogP contribution in [-0.2, 0) is 11.2 Å². The number of hydrogen-bond donors (Lipinski definition) is 1. The summed E-state index contributed by atoms with van der Waals surface area (Å²) >= 11 is 1.27. The molecule has 8 heteroatoms. The van der Waals surface area contributed by atoms with Crippen molar-refractivity contribution in [2.24, 2.45) is 0 Å². The minimum absolute atomic E-state index is 0.142. The van der Waals surface area contributed by atoms with Crippen molar-refractivity contribution < 1.29 is 9.18 Å². The summed E-state index contributed by atoms with van der Waals surface area (Å²) < 4.78 is 14.7. The molecule has 2 aromatic carbocycles. The Bertz CT molecular complexity index is 927. The number of carbonyl (C=O) groups excluding carboxylic acids is 1. The van der Waals surface area contributed by atoms with Crippen LogP contribution < -0.4 is 5.32 Å². The average Bonchev–Trinajstić information content (AvgIpc) is 3.20. The van der Waals surface area contributed by atoms with Gasteiger partial charge in [-0.2, -0.15) is 4.68 Å². The Balaban J connectivity index is 1.57. The van der Waals surface area contributed by atoms with E-state index in [9.17, 15) is 9.18 Å². The standard InChI is InChI=1S/C21H24FN5OS/c1-3-4-5-16-6-12-19(13-7-16)27-21(24-25-26-27)29-14-20(28)23-15(2)17-8-10-18(22)11-9-17/h6-13,15H,3-5,14H2,1-2H3,(H,23,28). The van der Waals surface area contributed by atoms with Gasteiger partial charge in [-0.05, 0) is 65.6 Å². The summed E-state index contributed by atoms with van der Waals surface area (Å²) in [6.07, 6.45) is 3.38. The molecule has 29 heavy (non-hydrogen) atoms. The van der Waals surface area contributed by atoms with Crippen LogP contribution in [0.3, 0.4) is 0 Å². The maximum absolute atomic E-state index is 13.0. The molecule has 0 bridgehead atoms. The molecule has 0 saturated carbocycles. The molecule has 1 amide bonds. The highest BCUT2D eigenvalue weighted by Gasteiger charge is 2.14. The number of thioether (sulfide) groups is 1. The van der Waals surface area contributed by atoms with Gasteiger partial charge in [-0.15, -0.1) is 5.10 Å². The van der Waals surface area contributed by atoms with Gasteiger partial charge in [-0.3, -0.25) is 4.79 Å². The molecule has 0 aliphatic carbocycles. The van der Waals surface area contributed by atoms with E-state index in [4.69, 9.17) is 0 Å². The highest BCUT2D eigenvalue weighted by atomic mass is 32.2. The van der Waals surface area contributed by atoms with Crippen molar-refractivity contribution >= 4 is 17.7 Å².